The van der Waals surface area contributed by atoms with Crippen molar-refractivity contribution in [3.8, 4) is 22.8 Å². The molecule has 1 aliphatic heterocycles. The number of carbonyl (C=O) groups excluding carboxylic acids is 4. The predicted molar refractivity (Wildman–Crippen MR) is 205 cm³/mol. The average molecular weight is 764 g/mol. The van der Waals surface area contributed by atoms with Crippen molar-refractivity contribution in [3.63, 3.8) is 0 Å². The minimum absolute atomic E-state index is 0.00591. The molecule has 2 heterocycles. The highest BCUT2D eigenvalue weighted by Crippen LogP contribution is 2.46. The van der Waals surface area contributed by atoms with Gasteiger partial charge in [0.15, 0.2) is 0 Å². The van der Waals surface area contributed by atoms with Crippen LogP contribution in [0.1, 0.15) is 37.3 Å². The lowest BCUT2D eigenvalue weighted by Crippen LogP contribution is -2.57. The molecular weight excluding hydrogens is 723 g/mol. The van der Waals surface area contributed by atoms with E-state index < -0.39 is 68.5 Å². The SMILES string of the molecule is C=CC(=O)N[C@@H](C(=O)N1C[C@H](Oc2cc(-c3ccccc3)nc3cc(OC)ccc23)C[C@H]1C(=O)N[C@]1(C(=O)NS(=O)(=O)C2CC2)C[C@H]1C=C)c1ccccc1. The van der Waals surface area contributed by atoms with Crippen LogP contribution in [0.4, 0.5) is 0 Å². The third-order valence-electron chi connectivity index (χ3n) is 10.3. The molecule has 3 aliphatic rings. The summed E-state index contributed by atoms with van der Waals surface area (Å²) >= 11 is 0. The number of sulfonamides is 1. The zero-order valence-corrected chi connectivity index (χ0v) is 31.0. The molecule has 0 spiro atoms. The lowest BCUT2D eigenvalue weighted by Gasteiger charge is -2.30. The summed E-state index contributed by atoms with van der Waals surface area (Å²) in [4.78, 5) is 61.4. The van der Waals surface area contributed by atoms with E-state index in [0.717, 1.165) is 11.6 Å². The standard InChI is InChI=1S/C41H41N5O8S/c1-4-27-23-41(27,40(50)45-55(51,52)30-17-18-30)44-38(48)34-21-29(24-46(34)39(49)37(43-36(47)5-2)26-14-10-7-11-15-26)54-35-22-32(25-12-8-6-9-13-25)42-33-20-28(53-3)16-19-31(33)35/h4-16,19-20,22,27,29-30,34,37H,1-2,17-18,21,23-24H2,3H3,(H,43,47)(H,44,48)(H,45,50)/t27-,29-,34+,37-,41-/m1/s1. The number of fused-ring (bicyclic) bond motifs is 1. The van der Waals surface area contributed by atoms with E-state index in [4.69, 9.17) is 14.5 Å². The molecule has 0 unspecified atom stereocenters. The van der Waals surface area contributed by atoms with Crippen LogP contribution in [0.25, 0.3) is 22.2 Å². The largest absolute Gasteiger partial charge is 0.497 e. The van der Waals surface area contributed by atoms with Gasteiger partial charge in [0.1, 0.15) is 35.2 Å². The second kappa shape index (κ2) is 15.0. The first-order valence-electron chi connectivity index (χ1n) is 18.0. The molecule has 55 heavy (non-hydrogen) atoms. The first kappa shape index (κ1) is 37.3. The van der Waals surface area contributed by atoms with Crippen molar-refractivity contribution >= 4 is 44.6 Å². The maximum atomic E-state index is 14.6. The fourth-order valence-electron chi connectivity index (χ4n) is 7.03. The van der Waals surface area contributed by atoms with E-state index in [1.54, 1.807) is 55.6 Å². The topological polar surface area (TPSA) is 173 Å². The first-order valence-corrected chi connectivity index (χ1v) is 19.5. The van der Waals surface area contributed by atoms with Gasteiger partial charge in [-0.05, 0) is 43.0 Å². The van der Waals surface area contributed by atoms with Crippen molar-refractivity contribution in [2.45, 2.75) is 54.7 Å². The van der Waals surface area contributed by atoms with Crippen LogP contribution < -0.4 is 24.8 Å². The van der Waals surface area contributed by atoms with Gasteiger partial charge in [-0.2, -0.15) is 0 Å². The highest BCUT2D eigenvalue weighted by Gasteiger charge is 2.62. The Bertz CT molecular complexity index is 2280. The number of nitrogens with zero attached hydrogens (tertiary/aromatic N) is 2. The predicted octanol–water partition coefficient (Wildman–Crippen LogP) is 3.97. The van der Waals surface area contributed by atoms with E-state index >= 15 is 0 Å². The number of likely N-dealkylation sites (tertiary alicyclic amines) is 1. The van der Waals surface area contributed by atoms with Crippen molar-refractivity contribution in [1.29, 1.82) is 0 Å². The van der Waals surface area contributed by atoms with Crippen LogP contribution in [0.3, 0.4) is 0 Å². The molecule has 4 aromatic rings. The van der Waals surface area contributed by atoms with Gasteiger partial charge >= 0.3 is 0 Å². The van der Waals surface area contributed by atoms with Gasteiger partial charge in [0.2, 0.25) is 21.8 Å². The summed E-state index contributed by atoms with van der Waals surface area (Å²) in [6.45, 7) is 7.24. The molecule has 3 N–H and O–H groups in total. The molecule has 7 rings (SSSR count). The van der Waals surface area contributed by atoms with Crippen LogP contribution in [-0.2, 0) is 29.2 Å². The number of ether oxygens (including phenoxy) is 2. The Hall–Kier alpha value is -6.02. The Kier molecular flexibility index (Phi) is 10.2. The Morgan fingerprint density at radius 1 is 0.982 bits per heavy atom. The molecule has 14 heteroatoms. The highest BCUT2D eigenvalue weighted by atomic mass is 32.2. The fourth-order valence-corrected chi connectivity index (χ4v) is 8.40. The third kappa shape index (κ3) is 7.67. The number of hydrogen-bond donors (Lipinski definition) is 3. The molecule has 3 fully saturated rings. The molecule has 4 amide bonds. The molecule has 1 saturated heterocycles. The Morgan fingerprint density at radius 2 is 1.69 bits per heavy atom. The van der Waals surface area contributed by atoms with Gasteiger partial charge in [0, 0.05) is 35.4 Å². The van der Waals surface area contributed by atoms with E-state index in [1.807, 2.05) is 36.4 Å². The number of methoxy groups -OCH3 is 1. The van der Waals surface area contributed by atoms with Gasteiger partial charge in [-0.25, -0.2) is 13.4 Å². The van der Waals surface area contributed by atoms with E-state index in [-0.39, 0.29) is 19.4 Å². The molecule has 0 radical (unpaired) electrons. The second-order valence-corrected chi connectivity index (χ2v) is 15.9. The summed E-state index contributed by atoms with van der Waals surface area (Å²) in [5.74, 6) is -2.20. The van der Waals surface area contributed by atoms with Crippen LogP contribution in [-0.4, -0.2) is 78.5 Å². The highest BCUT2D eigenvalue weighted by molar-refractivity contribution is 7.91. The minimum atomic E-state index is -3.92. The van der Waals surface area contributed by atoms with E-state index in [9.17, 15) is 27.6 Å². The Labute approximate surface area is 318 Å². The number of rotatable bonds is 14. The molecule has 284 valence electrons. The maximum absolute atomic E-state index is 14.6. The monoisotopic (exact) mass is 763 g/mol. The summed E-state index contributed by atoms with van der Waals surface area (Å²) < 4.78 is 39.8. The number of aromatic nitrogens is 1. The molecule has 13 nitrogen and oxygen atoms in total. The zero-order valence-electron chi connectivity index (χ0n) is 30.1. The van der Waals surface area contributed by atoms with Gasteiger partial charge in [-0.1, -0.05) is 73.3 Å². The molecule has 5 atom stereocenters. The van der Waals surface area contributed by atoms with Gasteiger partial charge in [-0.3, -0.25) is 23.9 Å². The molecule has 3 aromatic carbocycles. The van der Waals surface area contributed by atoms with Crippen LogP contribution in [0, 0.1) is 5.92 Å². The number of carbonyl (C=O) groups is 4. The summed E-state index contributed by atoms with van der Waals surface area (Å²) in [5, 5.41) is 5.52. The van der Waals surface area contributed by atoms with Crippen LogP contribution in [0.15, 0.2) is 110 Å². The summed E-state index contributed by atoms with van der Waals surface area (Å²) in [5.41, 5.74) is 0.976. The third-order valence-corrected chi connectivity index (χ3v) is 12.1. The van der Waals surface area contributed by atoms with Crippen molar-refractivity contribution in [1.82, 2.24) is 25.2 Å². The van der Waals surface area contributed by atoms with Crippen molar-refractivity contribution in [2.75, 3.05) is 13.7 Å². The van der Waals surface area contributed by atoms with Gasteiger partial charge in [0.25, 0.3) is 11.8 Å². The van der Waals surface area contributed by atoms with Crippen LogP contribution in [0.5, 0.6) is 11.5 Å². The number of amides is 4. The van der Waals surface area contributed by atoms with Gasteiger partial charge < -0.3 is 25.0 Å². The number of nitrogens with one attached hydrogen (secondary N) is 3. The lowest BCUT2D eigenvalue weighted by atomic mass is 10.0. The van der Waals surface area contributed by atoms with Crippen molar-refractivity contribution in [2.24, 2.45) is 5.92 Å². The normalized spacial score (nSPS) is 22.2. The summed E-state index contributed by atoms with van der Waals surface area (Å²) in [7, 11) is -2.35. The second-order valence-electron chi connectivity index (χ2n) is 14.0. The minimum Gasteiger partial charge on any atom is -0.497 e. The smallest absolute Gasteiger partial charge is 0.259 e. The molecule has 2 aliphatic carbocycles. The van der Waals surface area contributed by atoms with Crippen molar-refractivity contribution in [3.05, 3.63) is 116 Å². The Morgan fingerprint density at radius 3 is 2.33 bits per heavy atom. The van der Waals surface area contributed by atoms with Crippen LogP contribution >= 0.6 is 0 Å². The average Bonchev–Trinajstić information content (AvgIpc) is 4.13. The van der Waals surface area contributed by atoms with Crippen LogP contribution in [0.2, 0.25) is 0 Å². The molecule has 0 bridgehead atoms. The molecular formula is C41H41N5O8S. The summed E-state index contributed by atoms with van der Waals surface area (Å²) in [6, 6.07) is 23.0. The summed E-state index contributed by atoms with van der Waals surface area (Å²) in [6.07, 6.45) is 2.85. The van der Waals surface area contributed by atoms with Crippen molar-refractivity contribution < 1.29 is 37.1 Å². The van der Waals surface area contributed by atoms with E-state index in [0.29, 0.717) is 46.5 Å². The maximum Gasteiger partial charge on any atom is 0.259 e. The van der Waals surface area contributed by atoms with E-state index in [2.05, 4.69) is 28.5 Å². The lowest BCUT2D eigenvalue weighted by molar-refractivity contribution is -0.142. The zero-order chi connectivity index (χ0) is 38.9. The number of benzene rings is 3. The Balaban J connectivity index is 1.23. The van der Waals surface area contributed by atoms with E-state index in [1.165, 1.54) is 11.0 Å². The van der Waals surface area contributed by atoms with Gasteiger partial charge in [-0.15, -0.1) is 6.58 Å². The quantitative estimate of drug-likeness (QED) is 0.127. The fraction of sp³-hybridized carbons (Fsp3) is 0.293. The number of hydrogen-bond acceptors (Lipinski definition) is 9. The first-order chi connectivity index (χ1) is 26.5. The van der Waals surface area contributed by atoms with Gasteiger partial charge in [0.05, 0.1) is 30.1 Å². The molecule has 1 aromatic heterocycles. The number of pyridine rings is 1. The molecule has 2 saturated carbocycles.